The Balaban J connectivity index is 2.12. The first-order valence-corrected chi connectivity index (χ1v) is 6.58. The van der Waals surface area contributed by atoms with Crippen LogP contribution in [0.4, 0.5) is 0 Å². The summed E-state index contributed by atoms with van der Waals surface area (Å²) in [4.78, 5) is 0. The minimum atomic E-state index is 0.113. The molecule has 0 N–H and O–H groups in total. The summed E-state index contributed by atoms with van der Waals surface area (Å²) in [6.07, 6.45) is 2.60. The third kappa shape index (κ3) is 1.42. The molecule has 0 saturated carbocycles. The van der Waals surface area contributed by atoms with E-state index in [1.54, 1.807) is 6.26 Å². The molecule has 19 heavy (non-hydrogen) atoms. The molecule has 3 aromatic rings. The fraction of sp³-hybridized carbons (Fsp3) is 0.111. The lowest BCUT2D eigenvalue weighted by Crippen LogP contribution is -1.97. The van der Waals surface area contributed by atoms with E-state index in [9.17, 15) is 0 Å². The molecule has 1 atom stereocenters. The lowest BCUT2D eigenvalue weighted by atomic mass is 9.98. The molecule has 1 heteroatoms. The zero-order valence-corrected chi connectivity index (χ0v) is 10.6. The zero-order valence-electron chi connectivity index (χ0n) is 10.6. The smallest absolute Gasteiger partial charge is 0.127 e. The van der Waals surface area contributed by atoms with E-state index in [0.717, 1.165) is 6.42 Å². The van der Waals surface area contributed by atoms with Crippen LogP contribution in [0.1, 0.15) is 17.2 Å². The Labute approximate surface area is 112 Å². The van der Waals surface area contributed by atoms with Gasteiger partial charge in [0.05, 0.1) is 6.26 Å². The summed E-state index contributed by atoms with van der Waals surface area (Å²) < 4.78 is 5.69. The van der Waals surface area contributed by atoms with Crippen LogP contribution in [-0.2, 0) is 11.2 Å². The van der Waals surface area contributed by atoms with Gasteiger partial charge >= 0.3 is 0 Å². The largest absolute Gasteiger partial charge is 0.494 e. The standard InChI is InChI=1S/C18H14O/c1-2-19-17-11-16-14-8-4-3-6-12(14)10-13-7-5-9-15(17)18(13)16/h2-10,17H,1,11H2. The SMILES string of the molecule is C=COC1Cc2c3ccccc3cc3cccc1c23. The van der Waals surface area contributed by atoms with Gasteiger partial charge in [0.15, 0.2) is 0 Å². The Morgan fingerprint density at radius 1 is 1.05 bits per heavy atom. The van der Waals surface area contributed by atoms with Crippen LogP contribution in [0.25, 0.3) is 21.5 Å². The molecule has 0 radical (unpaired) electrons. The molecule has 1 aliphatic carbocycles. The molecule has 0 aromatic heterocycles. The maximum Gasteiger partial charge on any atom is 0.127 e. The second-order valence-electron chi connectivity index (χ2n) is 5.02. The van der Waals surface area contributed by atoms with E-state index in [0.29, 0.717) is 0 Å². The molecule has 0 heterocycles. The van der Waals surface area contributed by atoms with E-state index < -0.39 is 0 Å². The van der Waals surface area contributed by atoms with Crippen molar-refractivity contribution in [1.82, 2.24) is 0 Å². The third-order valence-electron chi connectivity index (χ3n) is 4.02. The van der Waals surface area contributed by atoms with Crippen molar-refractivity contribution in [3.8, 4) is 0 Å². The van der Waals surface area contributed by atoms with Crippen molar-refractivity contribution in [2.45, 2.75) is 12.5 Å². The summed E-state index contributed by atoms with van der Waals surface area (Å²) in [6.45, 7) is 3.69. The van der Waals surface area contributed by atoms with Crippen LogP contribution >= 0.6 is 0 Å². The van der Waals surface area contributed by atoms with Gasteiger partial charge in [0.1, 0.15) is 6.10 Å². The summed E-state index contributed by atoms with van der Waals surface area (Å²) in [5.74, 6) is 0. The van der Waals surface area contributed by atoms with Gasteiger partial charge in [-0.15, -0.1) is 0 Å². The first-order chi connectivity index (χ1) is 9.38. The van der Waals surface area contributed by atoms with Gasteiger partial charge in [-0.05, 0) is 33.2 Å². The van der Waals surface area contributed by atoms with Crippen molar-refractivity contribution < 1.29 is 4.74 Å². The minimum absolute atomic E-state index is 0.113. The van der Waals surface area contributed by atoms with Crippen LogP contribution in [-0.4, -0.2) is 0 Å². The Morgan fingerprint density at radius 3 is 2.79 bits per heavy atom. The van der Waals surface area contributed by atoms with E-state index in [1.807, 2.05) is 0 Å². The van der Waals surface area contributed by atoms with E-state index in [-0.39, 0.29) is 6.10 Å². The molecule has 0 bridgehead atoms. The van der Waals surface area contributed by atoms with Crippen LogP contribution < -0.4 is 0 Å². The van der Waals surface area contributed by atoms with E-state index in [4.69, 9.17) is 4.74 Å². The van der Waals surface area contributed by atoms with Crippen LogP contribution in [0.2, 0.25) is 0 Å². The second-order valence-corrected chi connectivity index (χ2v) is 5.02. The number of benzene rings is 3. The first kappa shape index (κ1) is 10.6. The molecule has 0 aliphatic heterocycles. The molecule has 1 unspecified atom stereocenters. The Bertz CT molecular complexity index is 801. The van der Waals surface area contributed by atoms with Crippen LogP contribution in [0, 0.1) is 0 Å². The lowest BCUT2D eigenvalue weighted by molar-refractivity contribution is 0.153. The van der Waals surface area contributed by atoms with Gasteiger partial charge in [-0.1, -0.05) is 49.0 Å². The highest BCUT2D eigenvalue weighted by molar-refractivity contribution is 6.05. The summed E-state index contributed by atoms with van der Waals surface area (Å²) >= 11 is 0. The number of fused-ring (bicyclic) bond motifs is 2. The molecule has 3 aromatic carbocycles. The molecule has 4 rings (SSSR count). The Hall–Kier alpha value is -2.28. The van der Waals surface area contributed by atoms with Gasteiger partial charge in [0.25, 0.3) is 0 Å². The van der Waals surface area contributed by atoms with E-state index in [1.165, 1.54) is 32.7 Å². The van der Waals surface area contributed by atoms with Gasteiger partial charge in [-0.25, -0.2) is 0 Å². The fourth-order valence-electron chi connectivity index (χ4n) is 3.27. The highest BCUT2D eigenvalue weighted by Crippen LogP contribution is 2.42. The molecule has 0 fully saturated rings. The lowest BCUT2D eigenvalue weighted by Gasteiger charge is -2.10. The van der Waals surface area contributed by atoms with Crippen LogP contribution in [0.15, 0.2) is 61.4 Å². The predicted molar refractivity (Wildman–Crippen MR) is 79.2 cm³/mol. The average molecular weight is 246 g/mol. The van der Waals surface area contributed by atoms with Crippen molar-refractivity contribution in [1.29, 1.82) is 0 Å². The van der Waals surface area contributed by atoms with E-state index >= 15 is 0 Å². The topological polar surface area (TPSA) is 9.23 Å². The summed E-state index contributed by atoms with van der Waals surface area (Å²) in [5.41, 5.74) is 2.70. The maximum absolute atomic E-state index is 5.69. The van der Waals surface area contributed by atoms with Crippen LogP contribution in [0.3, 0.4) is 0 Å². The summed E-state index contributed by atoms with van der Waals surface area (Å²) in [5, 5.41) is 5.33. The first-order valence-electron chi connectivity index (χ1n) is 6.58. The zero-order chi connectivity index (χ0) is 12.8. The maximum atomic E-state index is 5.69. The highest BCUT2D eigenvalue weighted by Gasteiger charge is 2.26. The number of hydrogen-bond acceptors (Lipinski definition) is 1. The average Bonchev–Trinajstić information content (AvgIpc) is 2.81. The minimum Gasteiger partial charge on any atom is -0.494 e. The van der Waals surface area contributed by atoms with E-state index in [2.05, 4.69) is 55.1 Å². The summed E-state index contributed by atoms with van der Waals surface area (Å²) in [7, 11) is 0. The molecule has 0 spiro atoms. The Kier molecular flexibility index (Phi) is 2.16. The number of hydrogen-bond donors (Lipinski definition) is 0. The van der Waals surface area contributed by atoms with Crippen LogP contribution in [0.5, 0.6) is 0 Å². The molecular weight excluding hydrogens is 232 g/mol. The molecule has 1 aliphatic rings. The molecule has 92 valence electrons. The normalized spacial score (nSPS) is 16.9. The fourth-order valence-corrected chi connectivity index (χ4v) is 3.27. The third-order valence-corrected chi connectivity index (χ3v) is 4.02. The van der Waals surface area contributed by atoms with Gasteiger partial charge < -0.3 is 4.74 Å². The molecule has 0 saturated heterocycles. The monoisotopic (exact) mass is 246 g/mol. The molecule has 0 amide bonds. The van der Waals surface area contributed by atoms with Crippen molar-refractivity contribution >= 4 is 21.5 Å². The summed E-state index contributed by atoms with van der Waals surface area (Å²) in [6, 6.07) is 17.3. The predicted octanol–water partition coefficient (Wildman–Crippen LogP) is 4.75. The van der Waals surface area contributed by atoms with Crippen molar-refractivity contribution in [2.75, 3.05) is 0 Å². The van der Waals surface area contributed by atoms with Crippen molar-refractivity contribution in [2.24, 2.45) is 0 Å². The van der Waals surface area contributed by atoms with Crippen molar-refractivity contribution in [3.05, 3.63) is 72.5 Å². The number of rotatable bonds is 2. The van der Waals surface area contributed by atoms with Gasteiger partial charge in [-0.2, -0.15) is 0 Å². The molecule has 1 nitrogen and oxygen atoms in total. The second kappa shape index (κ2) is 3.86. The van der Waals surface area contributed by atoms with Gasteiger partial charge in [0.2, 0.25) is 0 Å². The van der Waals surface area contributed by atoms with Gasteiger partial charge in [0, 0.05) is 12.0 Å². The van der Waals surface area contributed by atoms with Gasteiger partial charge in [-0.3, -0.25) is 0 Å². The molecular formula is C18H14O. The number of ether oxygens (including phenoxy) is 1. The highest BCUT2D eigenvalue weighted by atomic mass is 16.5. The Morgan fingerprint density at radius 2 is 1.89 bits per heavy atom. The van der Waals surface area contributed by atoms with Crippen molar-refractivity contribution in [3.63, 3.8) is 0 Å². The quantitative estimate of drug-likeness (QED) is 0.468.